The van der Waals surface area contributed by atoms with Crippen LogP contribution in [0.3, 0.4) is 0 Å². The van der Waals surface area contributed by atoms with Gasteiger partial charge in [-0.1, -0.05) is 12.1 Å². The van der Waals surface area contributed by atoms with Gasteiger partial charge in [0.15, 0.2) is 0 Å². The van der Waals surface area contributed by atoms with Gasteiger partial charge in [0.25, 0.3) is 0 Å². The van der Waals surface area contributed by atoms with E-state index in [1.807, 2.05) is 11.8 Å². The van der Waals surface area contributed by atoms with E-state index < -0.39 is 0 Å². The average molecular weight is 332 g/mol. The van der Waals surface area contributed by atoms with Gasteiger partial charge in [0, 0.05) is 26.1 Å². The van der Waals surface area contributed by atoms with E-state index in [9.17, 15) is 14.0 Å². The van der Waals surface area contributed by atoms with Crippen molar-refractivity contribution in [3.8, 4) is 0 Å². The third-order valence-corrected chi connectivity index (χ3v) is 5.29. The topological polar surface area (TPSA) is 40.6 Å². The lowest BCUT2D eigenvalue weighted by atomic mass is 9.95. The van der Waals surface area contributed by atoms with E-state index in [-0.39, 0.29) is 35.5 Å². The molecule has 24 heavy (non-hydrogen) atoms. The standard InChI is InChI=1S/C19H25FN2O2/c1-13(14-7-9-17(20)10-8-14)21(2)18(23)16-4-3-11-22(12-16)19(24)15-5-6-15/h7-10,13,15-16H,3-6,11-12H2,1-2H3. The fraction of sp³-hybridized carbons (Fsp3) is 0.579. The van der Waals surface area contributed by atoms with Crippen LogP contribution in [-0.2, 0) is 9.59 Å². The molecular formula is C19H25FN2O2. The van der Waals surface area contributed by atoms with Crippen molar-refractivity contribution in [3.05, 3.63) is 35.6 Å². The summed E-state index contributed by atoms with van der Waals surface area (Å²) in [5, 5.41) is 0. The van der Waals surface area contributed by atoms with Gasteiger partial charge in [0.05, 0.1) is 12.0 Å². The van der Waals surface area contributed by atoms with E-state index in [2.05, 4.69) is 0 Å². The first-order valence-corrected chi connectivity index (χ1v) is 8.78. The number of amides is 2. The molecular weight excluding hydrogens is 307 g/mol. The first kappa shape index (κ1) is 16.9. The zero-order valence-corrected chi connectivity index (χ0v) is 14.4. The number of carbonyl (C=O) groups is 2. The van der Waals surface area contributed by atoms with Crippen LogP contribution >= 0.6 is 0 Å². The van der Waals surface area contributed by atoms with Crippen LogP contribution in [0, 0.1) is 17.7 Å². The van der Waals surface area contributed by atoms with Gasteiger partial charge in [0.2, 0.25) is 11.8 Å². The van der Waals surface area contributed by atoms with Crippen LogP contribution in [0.25, 0.3) is 0 Å². The molecule has 0 spiro atoms. The summed E-state index contributed by atoms with van der Waals surface area (Å²) in [6, 6.07) is 6.15. The van der Waals surface area contributed by atoms with Crippen molar-refractivity contribution < 1.29 is 14.0 Å². The average Bonchev–Trinajstić information content (AvgIpc) is 3.45. The number of hydrogen-bond acceptors (Lipinski definition) is 2. The minimum Gasteiger partial charge on any atom is -0.342 e. The molecule has 0 N–H and O–H groups in total. The summed E-state index contributed by atoms with van der Waals surface area (Å²) in [4.78, 5) is 28.7. The van der Waals surface area contributed by atoms with Crippen molar-refractivity contribution in [2.75, 3.05) is 20.1 Å². The zero-order chi connectivity index (χ0) is 17.3. The highest BCUT2D eigenvalue weighted by Crippen LogP contribution is 2.33. The molecule has 2 unspecified atom stereocenters. The number of benzene rings is 1. The van der Waals surface area contributed by atoms with Crippen molar-refractivity contribution in [2.45, 2.75) is 38.6 Å². The number of likely N-dealkylation sites (tertiary alicyclic amines) is 1. The van der Waals surface area contributed by atoms with E-state index in [4.69, 9.17) is 0 Å². The first-order valence-electron chi connectivity index (χ1n) is 8.78. The van der Waals surface area contributed by atoms with Crippen molar-refractivity contribution in [1.29, 1.82) is 0 Å². The van der Waals surface area contributed by atoms with Gasteiger partial charge >= 0.3 is 0 Å². The molecule has 1 saturated carbocycles. The lowest BCUT2D eigenvalue weighted by Crippen LogP contribution is -2.46. The largest absolute Gasteiger partial charge is 0.342 e. The Hall–Kier alpha value is -1.91. The molecule has 130 valence electrons. The monoisotopic (exact) mass is 332 g/mol. The molecule has 2 amide bonds. The van der Waals surface area contributed by atoms with Crippen LogP contribution in [0.4, 0.5) is 4.39 Å². The van der Waals surface area contributed by atoms with Crippen LogP contribution in [0.2, 0.25) is 0 Å². The molecule has 4 nitrogen and oxygen atoms in total. The highest BCUT2D eigenvalue weighted by molar-refractivity contribution is 5.83. The summed E-state index contributed by atoms with van der Waals surface area (Å²) in [6.07, 6.45) is 3.70. The Bertz CT molecular complexity index is 612. The van der Waals surface area contributed by atoms with E-state index in [0.29, 0.717) is 6.54 Å². The third kappa shape index (κ3) is 3.60. The molecule has 1 saturated heterocycles. The lowest BCUT2D eigenvalue weighted by Gasteiger charge is -2.36. The van der Waals surface area contributed by atoms with Crippen LogP contribution in [0.5, 0.6) is 0 Å². The zero-order valence-electron chi connectivity index (χ0n) is 14.4. The summed E-state index contributed by atoms with van der Waals surface area (Å²) in [6.45, 7) is 3.26. The quantitative estimate of drug-likeness (QED) is 0.850. The summed E-state index contributed by atoms with van der Waals surface area (Å²) in [7, 11) is 1.79. The van der Waals surface area contributed by atoms with Gasteiger partial charge in [0.1, 0.15) is 5.82 Å². The Balaban J connectivity index is 1.63. The fourth-order valence-electron chi connectivity index (χ4n) is 3.41. The molecule has 2 atom stereocenters. The Kier molecular flexibility index (Phi) is 4.88. The molecule has 1 aliphatic carbocycles. The number of carbonyl (C=O) groups excluding carboxylic acids is 2. The van der Waals surface area contributed by atoms with Crippen LogP contribution in [-0.4, -0.2) is 41.8 Å². The molecule has 2 fully saturated rings. The molecule has 0 bridgehead atoms. The van der Waals surface area contributed by atoms with Crippen LogP contribution in [0.1, 0.15) is 44.2 Å². The van der Waals surface area contributed by atoms with Gasteiger partial charge in [-0.25, -0.2) is 4.39 Å². The maximum Gasteiger partial charge on any atom is 0.227 e. The Morgan fingerprint density at radius 3 is 2.46 bits per heavy atom. The van der Waals surface area contributed by atoms with Gasteiger partial charge in [-0.15, -0.1) is 0 Å². The van der Waals surface area contributed by atoms with Crippen molar-refractivity contribution >= 4 is 11.8 Å². The number of nitrogens with zero attached hydrogens (tertiary/aromatic N) is 2. The number of hydrogen-bond donors (Lipinski definition) is 0. The highest BCUT2D eigenvalue weighted by Gasteiger charge is 2.37. The van der Waals surface area contributed by atoms with Gasteiger partial charge in [-0.05, 0) is 50.3 Å². The molecule has 3 rings (SSSR count). The third-order valence-electron chi connectivity index (χ3n) is 5.29. The molecule has 1 aromatic carbocycles. The smallest absolute Gasteiger partial charge is 0.227 e. The Labute approximate surface area is 142 Å². The predicted octanol–water partition coefficient (Wildman–Crippen LogP) is 2.99. The lowest BCUT2D eigenvalue weighted by molar-refractivity contribution is -0.141. The molecule has 2 aliphatic rings. The van der Waals surface area contributed by atoms with Crippen LogP contribution < -0.4 is 0 Å². The predicted molar refractivity (Wildman–Crippen MR) is 89.6 cm³/mol. The molecule has 1 heterocycles. The molecule has 0 radical (unpaired) electrons. The Morgan fingerprint density at radius 1 is 1.17 bits per heavy atom. The summed E-state index contributed by atoms with van der Waals surface area (Å²) >= 11 is 0. The van der Waals surface area contributed by atoms with E-state index >= 15 is 0 Å². The summed E-state index contributed by atoms with van der Waals surface area (Å²) < 4.78 is 13.1. The second-order valence-electron chi connectivity index (χ2n) is 7.07. The van der Waals surface area contributed by atoms with Gasteiger partial charge in [-0.2, -0.15) is 0 Å². The second kappa shape index (κ2) is 6.91. The minimum atomic E-state index is -0.276. The van der Waals surface area contributed by atoms with Crippen LogP contribution in [0.15, 0.2) is 24.3 Å². The maximum atomic E-state index is 13.1. The Morgan fingerprint density at radius 2 is 1.83 bits per heavy atom. The highest BCUT2D eigenvalue weighted by atomic mass is 19.1. The molecule has 1 aliphatic heterocycles. The summed E-state index contributed by atoms with van der Waals surface area (Å²) in [5.41, 5.74) is 0.911. The van der Waals surface area contributed by atoms with Gasteiger partial charge < -0.3 is 9.80 Å². The molecule has 0 aromatic heterocycles. The SMILES string of the molecule is CC(c1ccc(F)cc1)N(C)C(=O)C1CCCN(C(=O)C2CC2)C1. The normalized spacial score (nSPS) is 22.1. The van der Waals surface area contributed by atoms with E-state index in [1.54, 1.807) is 24.1 Å². The maximum absolute atomic E-state index is 13.1. The molecule has 5 heteroatoms. The number of halogens is 1. The van der Waals surface area contributed by atoms with Crippen molar-refractivity contribution in [2.24, 2.45) is 11.8 Å². The minimum absolute atomic E-state index is 0.0696. The first-order chi connectivity index (χ1) is 11.5. The molecule has 1 aromatic rings. The summed E-state index contributed by atoms with van der Waals surface area (Å²) in [5.74, 6) is 0.0902. The number of piperidine rings is 1. The fourth-order valence-corrected chi connectivity index (χ4v) is 3.41. The van der Waals surface area contributed by atoms with Gasteiger partial charge in [-0.3, -0.25) is 9.59 Å². The van der Waals surface area contributed by atoms with Crippen molar-refractivity contribution in [3.63, 3.8) is 0 Å². The van der Waals surface area contributed by atoms with E-state index in [0.717, 1.165) is 37.8 Å². The van der Waals surface area contributed by atoms with Crippen molar-refractivity contribution in [1.82, 2.24) is 9.80 Å². The second-order valence-corrected chi connectivity index (χ2v) is 7.07. The van der Waals surface area contributed by atoms with E-state index in [1.165, 1.54) is 12.1 Å². The number of rotatable bonds is 4.